The van der Waals surface area contributed by atoms with Crippen LogP contribution < -0.4 is 11.5 Å². The summed E-state index contributed by atoms with van der Waals surface area (Å²) in [7, 11) is 0. The minimum Gasteiger partial charge on any atom is -0.369 e. The lowest BCUT2D eigenvalue weighted by Crippen LogP contribution is -2.32. The molecule has 0 saturated heterocycles. The first-order valence-electron chi connectivity index (χ1n) is 4.75. The number of rotatable bonds is 1. The van der Waals surface area contributed by atoms with Crippen LogP contribution in [0.2, 0.25) is 0 Å². The lowest BCUT2D eigenvalue weighted by Gasteiger charge is -2.23. The fourth-order valence-electron chi connectivity index (χ4n) is 1.40. The Hall–Kier alpha value is -0.570. The van der Waals surface area contributed by atoms with Gasteiger partial charge in [0.15, 0.2) is 0 Å². The zero-order chi connectivity index (χ0) is 9.56. The second-order valence-corrected chi connectivity index (χ2v) is 3.01. The number of carbonyl (C=O) groups is 1. The average molecular weight is 172 g/mol. The van der Waals surface area contributed by atoms with Crippen molar-refractivity contribution in [2.45, 2.75) is 45.6 Å². The number of amides is 1. The fraction of sp³-hybridized carbons (Fsp3) is 0.889. The Morgan fingerprint density at radius 2 is 1.58 bits per heavy atom. The quantitative estimate of drug-likeness (QED) is 0.620. The van der Waals surface area contributed by atoms with E-state index < -0.39 is 0 Å². The van der Waals surface area contributed by atoms with Crippen molar-refractivity contribution < 1.29 is 4.79 Å². The molecule has 1 fully saturated rings. The normalized spacial score (nSPS) is 28.6. The predicted octanol–water partition coefficient (Wildman–Crippen LogP) is 1.02. The summed E-state index contributed by atoms with van der Waals surface area (Å²) in [5.74, 6) is -0.0632. The van der Waals surface area contributed by atoms with Crippen LogP contribution in [0.4, 0.5) is 0 Å². The topological polar surface area (TPSA) is 69.1 Å². The molecule has 1 aliphatic carbocycles. The molecule has 0 atom stereocenters. The smallest absolute Gasteiger partial charge is 0.220 e. The molecule has 3 heteroatoms. The van der Waals surface area contributed by atoms with Gasteiger partial charge in [0.2, 0.25) is 5.91 Å². The van der Waals surface area contributed by atoms with Crippen molar-refractivity contribution in [3.8, 4) is 0 Å². The zero-order valence-corrected chi connectivity index (χ0v) is 8.05. The molecule has 0 radical (unpaired) electrons. The Kier molecular flexibility index (Phi) is 5.72. The lowest BCUT2D eigenvalue weighted by molar-refractivity contribution is -0.122. The third kappa shape index (κ3) is 3.72. The first-order valence-corrected chi connectivity index (χ1v) is 4.75. The molecule has 0 aromatic carbocycles. The van der Waals surface area contributed by atoms with Crippen molar-refractivity contribution in [2.75, 3.05) is 0 Å². The molecule has 72 valence electrons. The predicted molar refractivity (Wildman–Crippen MR) is 50.5 cm³/mol. The van der Waals surface area contributed by atoms with Gasteiger partial charge in [-0.1, -0.05) is 13.8 Å². The Balaban J connectivity index is 0.000000561. The van der Waals surface area contributed by atoms with E-state index in [2.05, 4.69) is 0 Å². The van der Waals surface area contributed by atoms with E-state index in [4.69, 9.17) is 11.5 Å². The van der Waals surface area contributed by atoms with E-state index in [9.17, 15) is 4.79 Å². The Labute approximate surface area is 74.5 Å². The summed E-state index contributed by atoms with van der Waals surface area (Å²) < 4.78 is 0. The van der Waals surface area contributed by atoms with E-state index in [1.54, 1.807) is 0 Å². The van der Waals surface area contributed by atoms with Crippen molar-refractivity contribution in [2.24, 2.45) is 17.4 Å². The summed E-state index contributed by atoms with van der Waals surface area (Å²) in [6, 6.07) is 0.301. The lowest BCUT2D eigenvalue weighted by atomic mass is 9.86. The van der Waals surface area contributed by atoms with Gasteiger partial charge in [0.05, 0.1) is 0 Å². The Morgan fingerprint density at radius 1 is 1.17 bits per heavy atom. The van der Waals surface area contributed by atoms with Gasteiger partial charge in [-0.15, -0.1) is 0 Å². The van der Waals surface area contributed by atoms with Crippen LogP contribution >= 0.6 is 0 Å². The standard InChI is InChI=1S/C7H14N2O.C2H6/c8-6-3-1-5(2-4-6)7(9)10;1-2/h5-6H,1-4,8H2,(H2,9,10);1-2H3. The molecule has 0 unspecified atom stereocenters. The molecule has 1 saturated carbocycles. The molecule has 0 aromatic rings. The van der Waals surface area contributed by atoms with Crippen molar-refractivity contribution in [1.29, 1.82) is 0 Å². The van der Waals surface area contributed by atoms with Crippen LogP contribution in [-0.4, -0.2) is 11.9 Å². The monoisotopic (exact) mass is 172 g/mol. The van der Waals surface area contributed by atoms with Gasteiger partial charge < -0.3 is 11.5 Å². The molecule has 1 amide bonds. The maximum Gasteiger partial charge on any atom is 0.220 e. The van der Waals surface area contributed by atoms with Gasteiger partial charge in [-0.3, -0.25) is 4.79 Å². The fourth-order valence-corrected chi connectivity index (χ4v) is 1.40. The van der Waals surface area contributed by atoms with Gasteiger partial charge in [-0.2, -0.15) is 0 Å². The number of carbonyl (C=O) groups excluding carboxylic acids is 1. The Morgan fingerprint density at radius 3 is 1.92 bits per heavy atom. The van der Waals surface area contributed by atoms with Crippen molar-refractivity contribution >= 4 is 5.91 Å². The number of nitrogens with two attached hydrogens (primary N) is 2. The molecule has 1 rings (SSSR count). The molecule has 0 aromatic heterocycles. The van der Waals surface area contributed by atoms with Gasteiger partial charge in [0.25, 0.3) is 0 Å². The van der Waals surface area contributed by atoms with Gasteiger partial charge >= 0.3 is 0 Å². The van der Waals surface area contributed by atoms with Crippen molar-refractivity contribution in [1.82, 2.24) is 0 Å². The summed E-state index contributed by atoms with van der Waals surface area (Å²) in [6.45, 7) is 4.00. The SMILES string of the molecule is CC.NC(=O)C1CCC(N)CC1. The maximum atomic E-state index is 10.6. The number of hydrogen-bond acceptors (Lipinski definition) is 2. The third-order valence-corrected chi connectivity index (χ3v) is 2.17. The first-order chi connectivity index (χ1) is 5.70. The molecular weight excluding hydrogens is 152 g/mol. The molecule has 0 spiro atoms. The maximum absolute atomic E-state index is 10.6. The second kappa shape index (κ2) is 6.00. The molecule has 0 bridgehead atoms. The average Bonchev–Trinajstić information content (AvgIpc) is 2.09. The van der Waals surface area contributed by atoms with Gasteiger partial charge in [0, 0.05) is 12.0 Å². The van der Waals surface area contributed by atoms with Crippen LogP contribution in [0.25, 0.3) is 0 Å². The largest absolute Gasteiger partial charge is 0.369 e. The minimum atomic E-state index is -0.160. The molecular formula is C9H20N2O. The molecule has 3 nitrogen and oxygen atoms in total. The van der Waals surface area contributed by atoms with Gasteiger partial charge in [0.1, 0.15) is 0 Å². The summed E-state index contributed by atoms with van der Waals surface area (Å²) >= 11 is 0. The van der Waals surface area contributed by atoms with Crippen molar-refractivity contribution in [3.05, 3.63) is 0 Å². The number of primary amides is 1. The second-order valence-electron chi connectivity index (χ2n) is 3.01. The Bertz CT molecular complexity index is 128. The van der Waals surface area contributed by atoms with E-state index in [0.717, 1.165) is 25.7 Å². The first kappa shape index (κ1) is 11.4. The van der Waals surface area contributed by atoms with Crippen LogP contribution in [0.15, 0.2) is 0 Å². The molecule has 12 heavy (non-hydrogen) atoms. The minimum absolute atomic E-state index is 0.0970. The summed E-state index contributed by atoms with van der Waals surface area (Å²) in [6.07, 6.45) is 3.67. The van der Waals surface area contributed by atoms with E-state index in [-0.39, 0.29) is 11.8 Å². The van der Waals surface area contributed by atoms with Crippen LogP contribution in [0.3, 0.4) is 0 Å². The molecule has 4 N–H and O–H groups in total. The van der Waals surface area contributed by atoms with Crippen LogP contribution in [-0.2, 0) is 4.79 Å². The van der Waals surface area contributed by atoms with E-state index in [1.165, 1.54) is 0 Å². The summed E-state index contributed by atoms with van der Waals surface area (Å²) in [5.41, 5.74) is 10.8. The van der Waals surface area contributed by atoms with Crippen LogP contribution in [0, 0.1) is 5.92 Å². The zero-order valence-electron chi connectivity index (χ0n) is 8.05. The molecule has 0 heterocycles. The highest BCUT2D eigenvalue weighted by Crippen LogP contribution is 2.22. The van der Waals surface area contributed by atoms with E-state index in [1.807, 2.05) is 13.8 Å². The van der Waals surface area contributed by atoms with E-state index >= 15 is 0 Å². The van der Waals surface area contributed by atoms with Crippen LogP contribution in [0.1, 0.15) is 39.5 Å². The van der Waals surface area contributed by atoms with Gasteiger partial charge in [-0.25, -0.2) is 0 Å². The number of hydrogen-bond donors (Lipinski definition) is 2. The highest BCUT2D eigenvalue weighted by atomic mass is 16.1. The van der Waals surface area contributed by atoms with Crippen molar-refractivity contribution in [3.63, 3.8) is 0 Å². The third-order valence-electron chi connectivity index (χ3n) is 2.17. The van der Waals surface area contributed by atoms with E-state index in [0.29, 0.717) is 6.04 Å². The highest BCUT2D eigenvalue weighted by molar-refractivity contribution is 5.76. The highest BCUT2D eigenvalue weighted by Gasteiger charge is 2.21. The summed E-state index contributed by atoms with van der Waals surface area (Å²) in [5, 5.41) is 0. The summed E-state index contributed by atoms with van der Waals surface area (Å²) in [4.78, 5) is 10.6. The molecule has 1 aliphatic rings. The van der Waals surface area contributed by atoms with Gasteiger partial charge in [-0.05, 0) is 25.7 Å². The van der Waals surface area contributed by atoms with Crippen LogP contribution in [0.5, 0.6) is 0 Å². The molecule has 0 aliphatic heterocycles.